The highest BCUT2D eigenvalue weighted by Crippen LogP contribution is 2.46. The first-order chi connectivity index (χ1) is 20.6. The monoisotopic (exact) mass is 605 g/mol. The summed E-state index contributed by atoms with van der Waals surface area (Å²) in [7, 11) is -3.94. The fourth-order valence-electron chi connectivity index (χ4n) is 5.24. The molecule has 2 amide bonds. The Balaban J connectivity index is 1.61. The number of amides is 2. The van der Waals surface area contributed by atoms with Gasteiger partial charge in [0, 0.05) is 59.7 Å². The molecular weight excluding hydrogens is 570 g/mol. The molecule has 0 saturated heterocycles. The van der Waals surface area contributed by atoms with E-state index in [1.54, 1.807) is 37.5 Å². The number of sulfonamides is 1. The van der Waals surface area contributed by atoms with Crippen LogP contribution in [0.5, 0.6) is 0 Å². The summed E-state index contributed by atoms with van der Waals surface area (Å²) in [6, 6.07) is 5.48. The van der Waals surface area contributed by atoms with E-state index >= 15 is 0 Å². The van der Waals surface area contributed by atoms with Crippen LogP contribution in [0.25, 0.3) is 10.8 Å². The number of fused-ring (bicyclic) bond motifs is 3. The van der Waals surface area contributed by atoms with Crippen molar-refractivity contribution in [3.63, 3.8) is 0 Å². The largest absolute Gasteiger partial charge is 0.463 e. The number of esters is 1. The molecule has 0 spiro atoms. The fraction of sp³-hybridized carbons (Fsp3) is 0.387. The lowest BCUT2D eigenvalue weighted by molar-refractivity contribution is -0.137. The number of nitrogens with zero attached hydrogens (tertiary/aromatic N) is 2. The minimum atomic E-state index is -3.94. The van der Waals surface area contributed by atoms with E-state index in [-0.39, 0.29) is 42.2 Å². The number of carbonyl (C=O) groups is 3. The second-order valence-corrected chi connectivity index (χ2v) is 12.9. The molecule has 12 heteroatoms. The number of nitrogens with one attached hydrogen (secondary N) is 3. The van der Waals surface area contributed by atoms with Crippen LogP contribution in [0.1, 0.15) is 85.2 Å². The normalized spacial score (nSPS) is 18.1. The number of aromatic nitrogens is 2. The summed E-state index contributed by atoms with van der Waals surface area (Å²) < 4.78 is 35.0. The molecule has 0 unspecified atom stereocenters. The zero-order valence-electron chi connectivity index (χ0n) is 24.3. The number of hydrogen-bond donors (Lipinski definition) is 3. The van der Waals surface area contributed by atoms with Gasteiger partial charge in [0.25, 0.3) is 5.91 Å². The zero-order valence-corrected chi connectivity index (χ0v) is 25.1. The number of rotatable bonds is 11. The molecule has 43 heavy (non-hydrogen) atoms. The predicted molar refractivity (Wildman–Crippen MR) is 159 cm³/mol. The SMILES string of the molecule is CCOC(=O)/C=C/C(=O)N[C@H]1C[C@H](NC(=O)c2cccnc2)c2cc(S(=O)(=O)NCC(C)C)c3cc(C4CC4)ncc3c21. The summed E-state index contributed by atoms with van der Waals surface area (Å²) in [5.74, 6) is -1.19. The van der Waals surface area contributed by atoms with Crippen LogP contribution in [0, 0.1) is 5.92 Å². The average Bonchev–Trinajstić information content (AvgIpc) is 3.78. The van der Waals surface area contributed by atoms with Crippen molar-refractivity contribution in [1.29, 1.82) is 0 Å². The molecule has 3 N–H and O–H groups in total. The second kappa shape index (κ2) is 12.6. The van der Waals surface area contributed by atoms with Crippen molar-refractivity contribution in [3.05, 3.63) is 77.4 Å². The van der Waals surface area contributed by atoms with Crippen molar-refractivity contribution in [1.82, 2.24) is 25.3 Å². The van der Waals surface area contributed by atoms with Crippen LogP contribution >= 0.6 is 0 Å². The molecule has 0 aliphatic heterocycles. The van der Waals surface area contributed by atoms with Gasteiger partial charge in [-0.05, 0) is 67.5 Å². The molecule has 1 aromatic carbocycles. The lowest BCUT2D eigenvalue weighted by atomic mass is 9.98. The van der Waals surface area contributed by atoms with Gasteiger partial charge in [-0.1, -0.05) is 13.8 Å². The maximum atomic E-state index is 13.7. The molecule has 0 radical (unpaired) electrons. The molecule has 2 aliphatic rings. The summed E-state index contributed by atoms with van der Waals surface area (Å²) in [5.41, 5.74) is 2.40. The Bertz CT molecular complexity index is 1690. The van der Waals surface area contributed by atoms with Crippen molar-refractivity contribution in [3.8, 4) is 0 Å². The Hall–Kier alpha value is -4.16. The first-order valence-corrected chi connectivity index (χ1v) is 15.9. The number of carbonyl (C=O) groups excluding carboxylic acids is 3. The lowest BCUT2D eigenvalue weighted by Gasteiger charge is -2.19. The highest BCUT2D eigenvalue weighted by molar-refractivity contribution is 7.89. The van der Waals surface area contributed by atoms with Gasteiger partial charge in [-0.15, -0.1) is 0 Å². The number of pyridine rings is 2. The molecule has 2 aromatic heterocycles. The molecule has 2 heterocycles. The summed E-state index contributed by atoms with van der Waals surface area (Å²) in [6.45, 7) is 5.95. The average molecular weight is 606 g/mol. The van der Waals surface area contributed by atoms with E-state index in [2.05, 4.69) is 25.3 Å². The van der Waals surface area contributed by atoms with Gasteiger partial charge < -0.3 is 15.4 Å². The van der Waals surface area contributed by atoms with Gasteiger partial charge in [0.1, 0.15) is 0 Å². The van der Waals surface area contributed by atoms with Crippen LogP contribution in [0.2, 0.25) is 0 Å². The van der Waals surface area contributed by atoms with Gasteiger partial charge in [-0.3, -0.25) is 19.6 Å². The van der Waals surface area contributed by atoms with Crippen LogP contribution < -0.4 is 15.4 Å². The van der Waals surface area contributed by atoms with Crippen LogP contribution in [-0.4, -0.2) is 49.3 Å². The van der Waals surface area contributed by atoms with Crippen molar-refractivity contribution >= 4 is 38.6 Å². The van der Waals surface area contributed by atoms with Gasteiger partial charge >= 0.3 is 5.97 Å². The van der Waals surface area contributed by atoms with Crippen LogP contribution in [-0.2, 0) is 24.3 Å². The zero-order chi connectivity index (χ0) is 30.7. The van der Waals surface area contributed by atoms with Gasteiger partial charge in [0.05, 0.1) is 29.1 Å². The van der Waals surface area contributed by atoms with Crippen molar-refractivity contribution in [2.24, 2.45) is 5.92 Å². The maximum absolute atomic E-state index is 13.7. The van der Waals surface area contributed by atoms with Gasteiger partial charge in [-0.2, -0.15) is 0 Å². The van der Waals surface area contributed by atoms with Gasteiger partial charge in [0.15, 0.2) is 0 Å². The summed E-state index contributed by atoms with van der Waals surface area (Å²) in [5, 5.41) is 7.00. The quantitative estimate of drug-likeness (QED) is 0.221. The van der Waals surface area contributed by atoms with Crippen LogP contribution in [0.4, 0.5) is 0 Å². The minimum Gasteiger partial charge on any atom is -0.463 e. The van der Waals surface area contributed by atoms with E-state index in [9.17, 15) is 22.8 Å². The molecule has 2 atom stereocenters. The molecule has 5 rings (SSSR count). The predicted octanol–water partition coefficient (Wildman–Crippen LogP) is 3.59. The first kappa shape index (κ1) is 30.3. The third-order valence-electron chi connectivity index (χ3n) is 7.44. The third-order valence-corrected chi connectivity index (χ3v) is 8.91. The van der Waals surface area contributed by atoms with E-state index in [0.717, 1.165) is 30.7 Å². The first-order valence-electron chi connectivity index (χ1n) is 14.4. The minimum absolute atomic E-state index is 0.0907. The molecule has 226 valence electrons. The van der Waals surface area contributed by atoms with E-state index in [1.807, 2.05) is 19.9 Å². The Morgan fingerprint density at radius 2 is 1.86 bits per heavy atom. The molecule has 1 saturated carbocycles. The van der Waals surface area contributed by atoms with Crippen molar-refractivity contribution < 1.29 is 27.5 Å². The van der Waals surface area contributed by atoms with Gasteiger partial charge in [0.2, 0.25) is 15.9 Å². The van der Waals surface area contributed by atoms with Crippen LogP contribution in [0.15, 0.2) is 59.9 Å². The maximum Gasteiger partial charge on any atom is 0.330 e. The van der Waals surface area contributed by atoms with E-state index in [0.29, 0.717) is 27.5 Å². The Labute approximate surface area is 250 Å². The van der Waals surface area contributed by atoms with E-state index in [4.69, 9.17) is 4.74 Å². The highest BCUT2D eigenvalue weighted by Gasteiger charge is 2.37. The van der Waals surface area contributed by atoms with Crippen molar-refractivity contribution in [2.45, 2.75) is 62.9 Å². The molecule has 0 bridgehead atoms. The second-order valence-electron chi connectivity index (χ2n) is 11.2. The molecule has 2 aliphatic carbocycles. The molecule has 11 nitrogen and oxygen atoms in total. The highest BCUT2D eigenvalue weighted by atomic mass is 32.2. The molecule has 3 aromatic rings. The fourth-order valence-corrected chi connectivity index (χ4v) is 6.69. The summed E-state index contributed by atoms with van der Waals surface area (Å²) in [6.07, 6.45) is 9.06. The summed E-state index contributed by atoms with van der Waals surface area (Å²) in [4.78, 5) is 46.7. The smallest absolute Gasteiger partial charge is 0.330 e. The third kappa shape index (κ3) is 6.91. The van der Waals surface area contributed by atoms with E-state index in [1.165, 1.54) is 6.20 Å². The van der Waals surface area contributed by atoms with Crippen molar-refractivity contribution in [2.75, 3.05) is 13.2 Å². The number of benzene rings is 1. The Kier molecular flexibility index (Phi) is 8.88. The standard InChI is InChI=1S/C31H35N5O6S/c1-4-42-29(38)10-9-28(37)35-26-14-25(36-31(39)20-6-5-11-32-16-20)22-13-27(43(40,41)34-15-18(2)3)21-12-24(19-7-8-19)33-17-23(21)30(22)26/h5-6,9-13,16-19,25-26,34H,4,7-8,14-15H2,1-3H3,(H,35,37)(H,36,39)/b10-9+/t25-,26-/m0/s1. The topological polar surface area (TPSA) is 156 Å². The summed E-state index contributed by atoms with van der Waals surface area (Å²) >= 11 is 0. The molecule has 1 fully saturated rings. The Morgan fingerprint density at radius 3 is 2.53 bits per heavy atom. The van der Waals surface area contributed by atoms with Crippen LogP contribution in [0.3, 0.4) is 0 Å². The lowest BCUT2D eigenvalue weighted by Crippen LogP contribution is -2.29. The number of ether oxygens (including phenoxy) is 1. The number of hydrogen-bond acceptors (Lipinski definition) is 8. The van der Waals surface area contributed by atoms with Gasteiger partial charge in [-0.25, -0.2) is 17.9 Å². The van der Waals surface area contributed by atoms with E-state index < -0.39 is 34.0 Å². The Morgan fingerprint density at radius 1 is 1.07 bits per heavy atom. The molecular formula is C31H35N5O6S.